The number of ketones is 1. The first-order valence-corrected chi connectivity index (χ1v) is 11.6. The van der Waals surface area contributed by atoms with Crippen LogP contribution in [-0.4, -0.2) is 44.0 Å². The summed E-state index contributed by atoms with van der Waals surface area (Å²) in [4.78, 5) is 21.1. The van der Waals surface area contributed by atoms with Crippen LogP contribution < -0.4 is 14.8 Å². The smallest absolute Gasteiger partial charge is 0.229 e. The minimum Gasteiger partial charge on any atom is -0.494 e. The number of carbonyl (C=O) groups is 1. The number of hydrogen-bond acceptors (Lipinski definition) is 8. The van der Waals surface area contributed by atoms with Crippen LogP contribution >= 0.6 is 0 Å². The van der Waals surface area contributed by atoms with E-state index < -0.39 is 0 Å². The number of nitrogens with zero attached hydrogens (tertiary/aromatic N) is 5. The fourth-order valence-corrected chi connectivity index (χ4v) is 3.78. The van der Waals surface area contributed by atoms with Crippen LogP contribution in [0.3, 0.4) is 0 Å². The van der Waals surface area contributed by atoms with Crippen molar-refractivity contribution in [1.29, 1.82) is 0 Å². The monoisotopic (exact) mass is 458 g/mol. The molecule has 2 aromatic carbocycles. The van der Waals surface area contributed by atoms with E-state index in [1.165, 1.54) is 0 Å². The van der Waals surface area contributed by atoms with Gasteiger partial charge in [0.05, 0.1) is 25.1 Å². The van der Waals surface area contributed by atoms with Crippen molar-refractivity contribution < 1.29 is 14.3 Å². The van der Waals surface area contributed by atoms with Gasteiger partial charge in [-0.15, -0.1) is 5.10 Å². The Labute approximate surface area is 197 Å². The quantitative estimate of drug-likeness (QED) is 0.407. The molecule has 0 radical (unpaired) electrons. The summed E-state index contributed by atoms with van der Waals surface area (Å²) in [5, 5.41) is 11.6. The average molecular weight is 459 g/mol. The number of hydrogen-bond donors (Lipinski definition) is 1. The second-order valence-electron chi connectivity index (χ2n) is 8.20. The third kappa shape index (κ3) is 5.31. The Morgan fingerprint density at radius 3 is 2.32 bits per heavy atom. The molecule has 0 saturated carbocycles. The summed E-state index contributed by atoms with van der Waals surface area (Å²) in [6, 6.07) is 15.3. The standard InChI is InChI=1S/C25H26N6O3/c32-20-5-2-1-3-15-33-21-11-7-18(8-12-21)27-25-26-17-23-24(28-25)31(30-29-23)19-9-13-22(14-10-19)34-16-4-6-20/h7-14,17H,1-6,15-16H2,(H,26,27,28). The van der Waals surface area contributed by atoms with Crippen LogP contribution in [0.2, 0.25) is 0 Å². The Morgan fingerprint density at radius 2 is 1.53 bits per heavy atom. The van der Waals surface area contributed by atoms with Crippen molar-refractivity contribution in [1.82, 2.24) is 25.0 Å². The molecule has 7 rings (SSSR count). The van der Waals surface area contributed by atoms with Crippen LogP contribution in [0.5, 0.6) is 11.5 Å². The maximum absolute atomic E-state index is 12.1. The molecule has 34 heavy (non-hydrogen) atoms. The maximum Gasteiger partial charge on any atom is 0.229 e. The van der Waals surface area contributed by atoms with Gasteiger partial charge in [-0.05, 0) is 74.2 Å². The van der Waals surface area contributed by atoms with Gasteiger partial charge in [-0.3, -0.25) is 4.79 Å². The number of ether oxygens (including phenoxy) is 2. The highest BCUT2D eigenvalue weighted by Gasteiger charge is 2.11. The number of benzene rings is 2. The largest absolute Gasteiger partial charge is 0.494 e. The van der Waals surface area contributed by atoms with Gasteiger partial charge in [0.25, 0.3) is 0 Å². The van der Waals surface area contributed by atoms with Crippen molar-refractivity contribution in [3.8, 4) is 17.2 Å². The third-order valence-corrected chi connectivity index (χ3v) is 5.62. The highest BCUT2D eigenvalue weighted by atomic mass is 16.5. The van der Waals surface area contributed by atoms with E-state index in [2.05, 4.69) is 25.6 Å². The van der Waals surface area contributed by atoms with Crippen LogP contribution in [0, 0.1) is 0 Å². The number of carbonyl (C=O) groups excluding carboxylic acids is 1. The Morgan fingerprint density at radius 1 is 0.824 bits per heavy atom. The molecular weight excluding hydrogens is 432 g/mol. The first-order chi connectivity index (χ1) is 16.7. The minimum absolute atomic E-state index is 0.289. The zero-order valence-electron chi connectivity index (χ0n) is 18.8. The zero-order valence-corrected chi connectivity index (χ0v) is 18.8. The number of anilines is 2. The van der Waals surface area contributed by atoms with Gasteiger partial charge < -0.3 is 14.8 Å². The average Bonchev–Trinajstić information content (AvgIpc) is 3.28. The first-order valence-electron chi connectivity index (χ1n) is 11.6. The lowest BCUT2D eigenvalue weighted by Crippen LogP contribution is -2.04. The van der Waals surface area contributed by atoms with Crippen molar-refractivity contribution in [3.05, 3.63) is 54.7 Å². The number of nitrogens with one attached hydrogen (secondary N) is 1. The van der Waals surface area contributed by atoms with E-state index in [9.17, 15) is 4.79 Å². The highest BCUT2D eigenvalue weighted by molar-refractivity contribution is 5.78. The van der Waals surface area contributed by atoms with Gasteiger partial charge in [-0.2, -0.15) is 9.67 Å². The van der Waals surface area contributed by atoms with Gasteiger partial charge in [-0.25, -0.2) is 4.98 Å². The summed E-state index contributed by atoms with van der Waals surface area (Å²) in [7, 11) is 0. The first kappa shape index (κ1) is 21.8. The molecule has 3 aliphatic rings. The lowest BCUT2D eigenvalue weighted by molar-refractivity contribution is -0.119. The normalized spacial score (nSPS) is 15.5. The molecule has 5 heterocycles. The number of rotatable bonds is 0. The number of aromatic nitrogens is 5. The Hall–Kier alpha value is -4.01. The van der Waals surface area contributed by atoms with E-state index >= 15 is 0 Å². The molecule has 174 valence electrons. The Balaban J connectivity index is 1.39. The number of Topliss-reactive ketones (excluding diaryl/α,β-unsaturated/α-hetero) is 1. The Bertz CT molecular complexity index is 1250. The molecule has 0 unspecified atom stereocenters. The molecule has 2 aromatic heterocycles. The molecule has 9 nitrogen and oxygen atoms in total. The molecule has 0 spiro atoms. The van der Waals surface area contributed by atoms with Crippen molar-refractivity contribution >= 4 is 28.6 Å². The molecule has 0 aliphatic carbocycles. The SMILES string of the molecule is O=C1CCCCCOc2ccc(cc2)Nc2ncc3nnn(c3n2)-c2ccc(cc2)OCCC1. The summed E-state index contributed by atoms with van der Waals surface area (Å²) in [6.45, 7) is 1.13. The van der Waals surface area contributed by atoms with Gasteiger partial charge in [0.2, 0.25) is 5.95 Å². The van der Waals surface area contributed by atoms with Crippen molar-refractivity contribution in [2.45, 2.75) is 38.5 Å². The van der Waals surface area contributed by atoms with Gasteiger partial charge in [0.1, 0.15) is 17.3 Å². The summed E-state index contributed by atoms with van der Waals surface area (Å²) in [5.74, 6) is 2.29. The third-order valence-electron chi connectivity index (χ3n) is 5.62. The van der Waals surface area contributed by atoms with E-state index in [-0.39, 0.29) is 5.78 Å². The maximum atomic E-state index is 12.1. The van der Waals surface area contributed by atoms with Crippen LogP contribution in [0.1, 0.15) is 38.5 Å². The van der Waals surface area contributed by atoms with Crippen LogP contribution in [0.4, 0.5) is 11.6 Å². The molecule has 0 amide bonds. The zero-order chi connectivity index (χ0) is 23.2. The van der Waals surface area contributed by atoms with E-state index in [4.69, 9.17) is 9.47 Å². The summed E-state index contributed by atoms with van der Waals surface area (Å²) < 4.78 is 13.3. The molecule has 4 aromatic rings. The molecule has 0 atom stereocenters. The van der Waals surface area contributed by atoms with E-state index in [0.29, 0.717) is 49.6 Å². The Kier molecular flexibility index (Phi) is 6.60. The van der Waals surface area contributed by atoms with E-state index in [1.807, 2.05) is 48.5 Å². The van der Waals surface area contributed by atoms with E-state index in [1.54, 1.807) is 10.9 Å². The van der Waals surface area contributed by atoms with Crippen LogP contribution in [-0.2, 0) is 4.79 Å². The minimum atomic E-state index is 0.289. The van der Waals surface area contributed by atoms with Crippen molar-refractivity contribution in [3.63, 3.8) is 0 Å². The summed E-state index contributed by atoms with van der Waals surface area (Å²) in [5.41, 5.74) is 2.85. The van der Waals surface area contributed by atoms with Gasteiger partial charge in [-0.1, -0.05) is 5.21 Å². The molecule has 3 aliphatic heterocycles. The predicted molar refractivity (Wildman–Crippen MR) is 128 cm³/mol. The summed E-state index contributed by atoms with van der Waals surface area (Å²) >= 11 is 0. The second kappa shape index (κ2) is 10.3. The highest BCUT2D eigenvalue weighted by Crippen LogP contribution is 2.22. The molecule has 0 saturated heterocycles. The van der Waals surface area contributed by atoms with Gasteiger partial charge in [0.15, 0.2) is 11.2 Å². The molecule has 6 bridgehead atoms. The fraction of sp³-hybridized carbons (Fsp3) is 0.320. The summed E-state index contributed by atoms with van der Waals surface area (Å²) in [6.07, 6.45) is 6.30. The van der Waals surface area contributed by atoms with E-state index in [0.717, 1.165) is 42.1 Å². The van der Waals surface area contributed by atoms with Crippen molar-refractivity contribution in [2.75, 3.05) is 18.5 Å². The topological polar surface area (TPSA) is 104 Å². The molecule has 0 fully saturated rings. The van der Waals surface area contributed by atoms with Crippen molar-refractivity contribution in [2.24, 2.45) is 0 Å². The molecular formula is C25H26N6O3. The van der Waals surface area contributed by atoms with Crippen LogP contribution in [0.25, 0.3) is 16.9 Å². The predicted octanol–water partition coefficient (Wildman–Crippen LogP) is 4.64. The molecule has 1 N–H and O–H groups in total. The molecule has 9 heteroatoms. The second-order valence-corrected chi connectivity index (χ2v) is 8.20. The van der Waals surface area contributed by atoms with Gasteiger partial charge >= 0.3 is 0 Å². The lowest BCUT2D eigenvalue weighted by atomic mass is 10.1. The lowest BCUT2D eigenvalue weighted by Gasteiger charge is -2.09. The fourth-order valence-electron chi connectivity index (χ4n) is 3.78. The van der Waals surface area contributed by atoms with Crippen LogP contribution in [0.15, 0.2) is 54.7 Å². The van der Waals surface area contributed by atoms with Gasteiger partial charge in [0, 0.05) is 18.5 Å². The number of fused-ring (bicyclic) bond motifs is 2.